The smallest absolute Gasteiger partial charge is 0.147 e. The molecule has 0 saturated heterocycles. The lowest BCUT2D eigenvalue weighted by Crippen LogP contribution is -2.38. The van der Waals surface area contributed by atoms with Crippen LogP contribution in [-0.4, -0.2) is 35.3 Å². The SMILES string of the molecule is NC(=NO)C(CNCC1CCCCC1O)c1ccccc1. The van der Waals surface area contributed by atoms with Gasteiger partial charge in [-0.1, -0.05) is 48.3 Å². The molecule has 1 aliphatic carbocycles. The van der Waals surface area contributed by atoms with Crippen LogP contribution in [0.15, 0.2) is 35.5 Å². The van der Waals surface area contributed by atoms with Gasteiger partial charge in [0.05, 0.1) is 12.0 Å². The molecule has 5 heteroatoms. The number of rotatable bonds is 6. The first kappa shape index (κ1) is 15.8. The van der Waals surface area contributed by atoms with Crippen LogP contribution < -0.4 is 11.1 Å². The molecule has 5 nitrogen and oxygen atoms in total. The standard InChI is InChI=1S/C16H25N3O2/c17-16(19-21)14(12-6-2-1-3-7-12)11-18-10-13-8-4-5-9-15(13)20/h1-3,6-7,13-15,18,20-21H,4-5,8-11H2,(H2,17,19). The van der Waals surface area contributed by atoms with Crippen LogP contribution in [0, 0.1) is 5.92 Å². The van der Waals surface area contributed by atoms with E-state index in [2.05, 4.69) is 10.5 Å². The minimum absolute atomic E-state index is 0.156. The third-order valence-corrected chi connectivity index (χ3v) is 4.30. The van der Waals surface area contributed by atoms with Crippen molar-refractivity contribution >= 4 is 5.84 Å². The average molecular weight is 291 g/mol. The van der Waals surface area contributed by atoms with Crippen LogP contribution in [-0.2, 0) is 0 Å². The Labute approximate surface area is 125 Å². The molecule has 3 unspecified atom stereocenters. The van der Waals surface area contributed by atoms with E-state index in [9.17, 15) is 5.11 Å². The maximum absolute atomic E-state index is 9.98. The summed E-state index contributed by atoms with van der Waals surface area (Å²) in [6, 6.07) is 9.77. The second-order valence-electron chi connectivity index (χ2n) is 5.76. The Morgan fingerprint density at radius 1 is 1.29 bits per heavy atom. The lowest BCUT2D eigenvalue weighted by Gasteiger charge is -2.28. The lowest BCUT2D eigenvalue weighted by molar-refractivity contribution is 0.0697. The molecule has 5 N–H and O–H groups in total. The molecule has 0 aliphatic heterocycles. The van der Waals surface area contributed by atoms with Gasteiger partial charge in [0, 0.05) is 13.1 Å². The second kappa shape index (κ2) is 8.00. The molecule has 21 heavy (non-hydrogen) atoms. The summed E-state index contributed by atoms with van der Waals surface area (Å²) < 4.78 is 0. The minimum Gasteiger partial charge on any atom is -0.409 e. The highest BCUT2D eigenvalue weighted by atomic mass is 16.4. The molecule has 0 aromatic heterocycles. The zero-order valence-electron chi connectivity index (χ0n) is 12.3. The molecule has 1 fully saturated rings. The molecule has 1 saturated carbocycles. The van der Waals surface area contributed by atoms with E-state index < -0.39 is 0 Å². The molecule has 0 bridgehead atoms. The van der Waals surface area contributed by atoms with Crippen LogP contribution in [0.2, 0.25) is 0 Å². The van der Waals surface area contributed by atoms with Crippen LogP contribution in [0.3, 0.4) is 0 Å². The first-order chi connectivity index (χ1) is 10.2. The predicted octanol–water partition coefficient (Wildman–Crippen LogP) is 1.66. The van der Waals surface area contributed by atoms with Gasteiger partial charge in [-0.25, -0.2) is 0 Å². The Morgan fingerprint density at radius 3 is 2.67 bits per heavy atom. The molecule has 0 heterocycles. The molecule has 116 valence electrons. The molecule has 1 aromatic carbocycles. The number of hydrogen-bond donors (Lipinski definition) is 4. The van der Waals surface area contributed by atoms with Gasteiger partial charge in [0.2, 0.25) is 0 Å². The Bertz CT molecular complexity index is 450. The second-order valence-corrected chi connectivity index (χ2v) is 5.76. The van der Waals surface area contributed by atoms with Crippen molar-refractivity contribution in [3.8, 4) is 0 Å². The van der Waals surface area contributed by atoms with Crippen LogP contribution in [0.4, 0.5) is 0 Å². The van der Waals surface area contributed by atoms with Crippen molar-refractivity contribution in [3.63, 3.8) is 0 Å². The Hall–Kier alpha value is -1.59. The summed E-state index contributed by atoms with van der Waals surface area (Å²) in [5, 5.41) is 25.4. The summed E-state index contributed by atoms with van der Waals surface area (Å²) >= 11 is 0. The minimum atomic E-state index is -0.203. The molecule has 0 amide bonds. The van der Waals surface area contributed by atoms with Gasteiger partial charge in [-0.15, -0.1) is 0 Å². The number of nitrogens with one attached hydrogen (secondary N) is 1. The number of oxime groups is 1. The Kier molecular flexibility index (Phi) is 6.02. The van der Waals surface area contributed by atoms with Gasteiger partial charge < -0.3 is 21.4 Å². The van der Waals surface area contributed by atoms with Gasteiger partial charge in [-0.05, 0) is 24.3 Å². The Balaban J connectivity index is 1.91. The zero-order valence-corrected chi connectivity index (χ0v) is 12.3. The maximum atomic E-state index is 9.98. The summed E-state index contributed by atoms with van der Waals surface area (Å²) in [6.07, 6.45) is 4.06. The zero-order chi connectivity index (χ0) is 15.1. The molecular weight excluding hydrogens is 266 g/mol. The molecule has 1 aromatic rings. The van der Waals surface area contributed by atoms with Crippen molar-refractivity contribution in [1.82, 2.24) is 5.32 Å². The van der Waals surface area contributed by atoms with E-state index in [1.54, 1.807) is 0 Å². The number of benzene rings is 1. The van der Waals surface area contributed by atoms with Crippen molar-refractivity contribution < 1.29 is 10.3 Å². The number of nitrogens with two attached hydrogens (primary N) is 1. The van der Waals surface area contributed by atoms with Crippen molar-refractivity contribution in [2.75, 3.05) is 13.1 Å². The normalized spacial score (nSPS) is 24.7. The highest BCUT2D eigenvalue weighted by Gasteiger charge is 2.23. The number of aliphatic hydroxyl groups is 1. The van der Waals surface area contributed by atoms with Crippen molar-refractivity contribution in [2.45, 2.75) is 37.7 Å². The van der Waals surface area contributed by atoms with Gasteiger partial charge in [0.25, 0.3) is 0 Å². The van der Waals surface area contributed by atoms with Gasteiger partial charge in [0.15, 0.2) is 0 Å². The monoisotopic (exact) mass is 291 g/mol. The molecule has 2 rings (SSSR count). The van der Waals surface area contributed by atoms with Crippen molar-refractivity contribution in [2.24, 2.45) is 16.8 Å². The first-order valence-electron chi connectivity index (χ1n) is 7.63. The fourth-order valence-electron chi connectivity index (χ4n) is 2.99. The highest BCUT2D eigenvalue weighted by molar-refractivity contribution is 5.87. The van der Waals surface area contributed by atoms with E-state index in [-0.39, 0.29) is 17.9 Å². The quantitative estimate of drug-likeness (QED) is 0.278. The number of aliphatic hydroxyl groups excluding tert-OH is 1. The van der Waals surface area contributed by atoms with Crippen LogP contribution in [0.5, 0.6) is 0 Å². The molecule has 3 atom stereocenters. The number of amidine groups is 1. The third-order valence-electron chi connectivity index (χ3n) is 4.30. The topological polar surface area (TPSA) is 90.9 Å². The highest BCUT2D eigenvalue weighted by Crippen LogP contribution is 2.24. The van der Waals surface area contributed by atoms with Gasteiger partial charge >= 0.3 is 0 Å². The molecule has 0 radical (unpaired) electrons. The predicted molar refractivity (Wildman–Crippen MR) is 83.4 cm³/mol. The third kappa shape index (κ3) is 4.44. The fraction of sp³-hybridized carbons (Fsp3) is 0.562. The lowest BCUT2D eigenvalue weighted by atomic mass is 9.86. The van der Waals surface area contributed by atoms with Crippen LogP contribution in [0.1, 0.15) is 37.2 Å². The maximum Gasteiger partial charge on any atom is 0.147 e. The number of hydrogen-bond acceptors (Lipinski definition) is 4. The summed E-state index contributed by atoms with van der Waals surface area (Å²) in [4.78, 5) is 0. The Morgan fingerprint density at radius 2 is 2.00 bits per heavy atom. The van der Waals surface area contributed by atoms with Crippen LogP contribution in [0.25, 0.3) is 0 Å². The van der Waals surface area contributed by atoms with E-state index in [0.29, 0.717) is 12.5 Å². The summed E-state index contributed by atoms with van der Waals surface area (Å²) in [6.45, 7) is 1.37. The van der Waals surface area contributed by atoms with E-state index >= 15 is 0 Å². The molecule has 1 aliphatic rings. The average Bonchev–Trinajstić information content (AvgIpc) is 2.53. The largest absolute Gasteiger partial charge is 0.409 e. The summed E-state index contributed by atoms with van der Waals surface area (Å²) in [7, 11) is 0. The molecule has 0 spiro atoms. The van der Waals surface area contributed by atoms with Gasteiger partial charge in [-0.3, -0.25) is 0 Å². The van der Waals surface area contributed by atoms with Crippen molar-refractivity contribution in [3.05, 3.63) is 35.9 Å². The van der Waals surface area contributed by atoms with Gasteiger partial charge in [0.1, 0.15) is 5.84 Å². The fourth-order valence-corrected chi connectivity index (χ4v) is 2.99. The van der Waals surface area contributed by atoms with E-state index in [1.807, 2.05) is 30.3 Å². The number of nitrogens with zero attached hydrogens (tertiary/aromatic N) is 1. The van der Waals surface area contributed by atoms with Crippen LogP contribution >= 0.6 is 0 Å². The van der Waals surface area contributed by atoms with Crippen molar-refractivity contribution in [1.29, 1.82) is 0 Å². The first-order valence-corrected chi connectivity index (χ1v) is 7.63. The van der Waals surface area contributed by atoms with E-state index in [0.717, 1.165) is 31.4 Å². The molecular formula is C16H25N3O2. The van der Waals surface area contributed by atoms with Gasteiger partial charge in [-0.2, -0.15) is 0 Å². The van der Waals surface area contributed by atoms with E-state index in [4.69, 9.17) is 10.9 Å². The summed E-state index contributed by atoms with van der Waals surface area (Å²) in [5.74, 6) is 0.359. The van der Waals surface area contributed by atoms with E-state index in [1.165, 1.54) is 6.42 Å². The summed E-state index contributed by atoms with van der Waals surface area (Å²) in [5.41, 5.74) is 6.82.